The lowest BCUT2D eigenvalue weighted by atomic mass is 10.1. The van der Waals surface area contributed by atoms with Gasteiger partial charge in [0.25, 0.3) is 5.91 Å². The number of carboxylic acids is 1. The Bertz CT molecular complexity index is 452. The first-order valence-corrected chi connectivity index (χ1v) is 4.85. The lowest BCUT2D eigenvalue weighted by molar-refractivity contribution is -0.157. The first-order chi connectivity index (χ1) is 8.20. The third-order valence-corrected chi connectivity index (χ3v) is 2.14. The van der Waals surface area contributed by atoms with Gasteiger partial charge in [0, 0.05) is 0 Å². The summed E-state index contributed by atoms with van der Waals surface area (Å²) in [6.45, 7) is 1.44. The minimum absolute atomic E-state index is 0.00317. The number of rotatable bonds is 4. The van der Waals surface area contributed by atoms with Crippen molar-refractivity contribution in [3.63, 3.8) is 0 Å². The average Bonchev–Trinajstić information content (AvgIpc) is 2.61. The van der Waals surface area contributed by atoms with Gasteiger partial charge in [-0.25, -0.2) is 4.79 Å². The average molecular weight is 265 g/mol. The molecule has 0 saturated heterocycles. The van der Waals surface area contributed by atoms with Crippen molar-refractivity contribution < 1.29 is 32.3 Å². The van der Waals surface area contributed by atoms with Crippen LogP contribution in [0.15, 0.2) is 16.7 Å². The Kier molecular flexibility index (Phi) is 4.00. The number of carbonyl (C=O) groups is 2. The molecule has 8 heteroatoms. The Balaban J connectivity index is 2.76. The van der Waals surface area contributed by atoms with Gasteiger partial charge in [-0.05, 0) is 13.0 Å². The summed E-state index contributed by atoms with van der Waals surface area (Å²) in [6, 6.07) is -0.774. The molecule has 1 rings (SSSR count). The van der Waals surface area contributed by atoms with Gasteiger partial charge in [0.2, 0.25) is 0 Å². The standard InChI is InChI=1S/C10H10F3NO4/c1-5-6(2-3-18-5)8(15)14-7(9(16)17)4-10(11,12)13/h2-3,7H,4H2,1H3,(H,14,15)(H,16,17). The first kappa shape index (κ1) is 14.1. The minimum Gasteiger partial charge on any atom is -0.480 e. The molecule has 1 aromatic rings. The number of alkyl halides is 3. The molecule has 0 fully saturated rings. The summed E-state index contributed by atoms with van der Waals surface area (Å²) in [4.78, 5) is 22.2. The van der Waals surface area contributed by atoms with Crippen LogP contribution in [0, 0.1) is 6.92 Å². The van der Waals surface area contributed by atoms with Crippen molar-refractivity contribution in [3.8, 4) is 0 Å². The van der Waals surface area contributed by atoms with Crippen LogP contribution in [0.4, 0.5) is 13.2 Å². The molecule has 0 aromatic carbocycles. The maximum Gasteiger partial charge on any atom is 0.391 e. The molecule has 0 aliphatic heterocycles. The van der Waals surface area contributed by atoms with Crippen LogP contribution in [0.3, 0.4) is 0 Å². The third kappa shape index (κ3) is 3.79. The molecule has 0 spiro atoms. The Hall–Kier alpha value is -1.99. The van der Waals surface area contributed by atoms with Crippen LogP contribution in [0.2, 0.25) is 0 Å². The number of hydrogen-bond acceptors (Lipinski definition) is 3. The lowest BCUT2D eigenvalue weighted by Gasteiger charge is -2.15. The van der Waals surface area contributed by atoms with Crippen LogP contribution in [0.25, 0.3) is 0 Å². The number of nitrogens with one attached hydrogen (secondary N) is 1. The number of aliphatic carboxylic acids is 1. The second-order valence-corrected chi connectivity index (χ2v) is 3.57. The van der Waals surface area contributed by atoms with Gasteiger partial charge in [-0.3, -0.25) is 4.79 Å². The number of aryl methyl sites for hydroxylation is 1. The van der Waals surface area contributed by atoms with Gasteiger partial charge in [-0.15, -0.1) is 0 Å². The molecule has 1 atom stereocenters. The van der Waals surface area contributed by atoms with Gasteiger partial charge in [0.05, 0.1) is 18.2 Å². The van der Waals surface area contributed by atoms with E-state index in [1.807, 2.05) is 0 Å². The molecule has 0 aliphatic carbocycles. The zero-order chi connectivity index (χ0) is 13.9. The number of amides is 1. The molecule has 0 saturated carbocycles. The van der Waals surface area contributed by atoms with E-state index in [1.54, 1.807) is 5.32 Å². The molecule has 2 N–H and O–H groups in total. The highest BCUT2D eigenvalue weighted by Crippen LogP contribution is 2.22. The quantitative estimate of drug-likeness (QED) is 0.868. The molecule has 1 heterocycles. The van der Waals surface area contributed by atoms with E-state index in [1.165, 1.54) is 19.3 Å². The number of hydrogen-bond donors (Lipinski definition) is 2. The zero-order valence-corrected chi connectivity index (χ0v) is 9.25. The van der Waals surface area contributed by atoms with Gasteiger partial charge < -0.3 is 14.8 Å². The molecule has 0 bridgehead atoms. The number of furan rings is 1. The van der Waals surface area contributed by atoms with Crippen LogP contribution < -0.4 is 5.32 Å². The maximum absolute atomic E-state index is 12.1. The normalized spacial score (nSPS) is 13.1. The van der Waals surface area contributed by atoms with Gasteiger partial charge in [-0.2, -0.15) is 13.2 Å². The van der Waals surface area contributed by atoms with Crippen LogP contribution in [-0.4, -0.2) is 29.2 Å². The Morgan fingerprint density at radius 3 is 2.50 bits per heavy atom. The Labute approximate surface area is 99.6 Å². The van der Waals surface area contributed by atoms with Gasteiger partial charge in [0.15, 0.2) is 0 Å². The Morgan fingerprint density at radius 1 is 1.50 bits per heavy atom. The maximum atomic E-state index is 12.1. The van der Waals surface area contributed by atoms with E-state index < -0.39 is 30.5 Å². The SMILES string of the molecule is Cc1occc1C(=O)NC(CC(F)(F)F)C(=O)O. The minimum atomic E-state index is -4.68. The van der Waals surface area contributed by atoms with Crippen molar-refractivity contribution in [2.45, 2.75) is 25.6 Å². The second kappa shape index (κ2) is 5.11. The molecular weight excluding hydrogens is 255 g/mol. The van der Waals surface area contributed by atoms with E-state index in [0.29, 0.717) is 0 Å². The van der Waals surface area contributed by atoms with Crippen LogP contribution in [-0.2, 0) is 4.79 Å². The van der Waals surface area contributed by atoms with E-state index >= 15 is 0 Å². The molecule has 1 unspecified atom stereocenters. The van der Waals surface area contributed by atoms with E-state index in [2.05, 4.69) is 0 Å². The van der Waals surface area contributed by atoms with E-state index in [9.17, 15) is 22.8 Å². The van der Waals surface area contributed by atoms with Gasteiger partial charge in [-0.1, -0.05) is 0 Å². The zero-order valence-electron chi connectivity index (χ0n) is 9.25. The topological polar surface area (TPSA) is 79.5 Å². The number of halogens is 3. The third-order valence-electron chi connectivity index (χ3n) is 2.14. The Morgan fingerprint density at radius 2 is 2.11 bits per heavy atom. The van der Waals surface area contributed by atoms with E-state index in [-0.39, 0.29) is 11.3 Å². The van der Waals surface area contributed by atoms with Crippen LogP contribution in [0.1, 0.15) is 22.5 Å². The van der Waals surface area contributed by atoms with Crippen molar-refractivity contribution in [2.75, 3.05) is 0 Å². The molecule has 1 aromatic heterocycles. The molecule has 0 radical (unpaired) electrons. The highest BCUT2D eigenvalue weighted by atomic mass is 19.4. The summed E-state index contributed by atoms with van der Waals surface area (Å²) in [5, 5.41) is 10.4. The number of carbonyl (C=O) groups excluding carboxylic acids is 1. The summed E-state index contributed by atoms with van der Waals surface area (Å²) in [6.07, 6.45) is -5.13. The monoisotopic (exact) mass is 265 g/mol. The lowest BCUT2D eigenvalue weighted by Crippen LogP contribution is -2.43. The van der Waals surface area contributed by atoms with Gasteiger partial charge >= 0.3 is 12.1 Å². The number of carboxylic acid groups (broad SMARTS) is 1. The van der Waals surface area contributed by atoms with Crippen molar-refractivity contribution in [1.29, 1.82) is 0 Å². The summed E-state index contributed by atoms with van der Waals surface area (Å²) in [7, 11) is 0. The van der Waals surface area contributed by atoms with Crippen molar-refractivity contribution in [2.24, 2.45) is 0 Å². The summed E-state index contributed by atoms with van der Waals surface area (Å²) in [5.74, 6) is -2.47. The van der Waals surface area contributed by atoms with Gasteiger partial charge in [0.1, 0.15) is 11.8 Å². The fourth-order valence-corrected chi connectivity index (χ4v) is 1.29. The molecule has 1 amide bonds. The molecule has 18 heavy (non-hydrogen) atoms. The van der Waals surface area contributed by atoms with Crippen molar-refractivity contribution in [1.82, 2.24) is 5.32 Å². The van der Waals surface area contributed by atoms with Crippen LogP contribution in [0.5, 0.6) is 0 Å². The summed E-state index contributed by atoms with van der Waals surface area (Å²) < 4.78 is 41.1. The van der Waals surface area contributed by atoms with Crippen LogP contribution >= 0.6 is 0 Å². The predicted molar refractivity (Wildman–Crippen MR) is 53.0 cm³/mol. The molecule has 100 valence electrons. The summed E-state index contributed by atoms with van der Waals surface area (Å²) >= 11 is 0. The highest BCUT2D eigenvalue weighted by Gasteiger charge is 2.36. The largest absolute Gasteiger partial charge is 0.480 e. The first-order valence-electron chi connectivity index (χ1n) is 4.85. The molecule has 5 nitrogen and oxygen atoms in total. The molecule has 0 aliphatic rings. The predicted octanol–water partition coefficient (Wildman–Crippen LogP) is 1.72. The van der Waals surface area contributed by atoms with E-state index in [4.69, 9.17) is 9.52 Å². The molecular formula is C10H10F3NO4. The van der Waals surface area contributed by atoms with E-state index in [0.717, 1.165) is 0 Å². The highest BCUT2D eigenvalue weighted by molar-refractivity contribution is 5.97. The fourth-order valence-electron chi connectivity index (χ4n) is 1.29. The smallest absolute Gasteiger partial charge is 0.391 e. The van der Waals surface area contributed by atoms with Crippen molar-refractivity contribution in [3.05, 3.63) is 23.7 Å². The second-order valence-electron chi connectivity index (χ2n) is 3.57. The van der Waals surface area contributed by atoms with Crippen molar-refractivity contribution >= 4 is 11.9 Å². The summed E-state index contributed by atoms with van der Waals surface area (Å²) in [5.41, 5.74) is 0.00317. The fraction of sp³-hybridized carbons (Fsp3) is 0.400.